The van der Waals surface area contributed by atoms with E-state index in [0.717, 1.165) is 5.56 Å². The molecule has 0 aliphatic carbocycles. The lowest BCUT2D eigenvalue weighted by Crippen LogP contribution is -2.54. The van der Waals surface area contributed by atoms with Crippen molar-refractivity contribution in [3.05, 3.63) is 24.0 Å². The van der Waals surface area contributed by atoms with Crippen molar-refractivity contribution in [1.82, 2.24) is 4.98 Å². The van der Waals surface area contributed by atoms with E-state index in [0.29, 0.717) is 13.2 Å². The van der Waals surface area contributed by atoms with Gasteiger partial charge in [-0.2, -0.15) is 0 Å². The number of aromatic amines is 1. The highest BCUT2D eigenvalue weighted by atomic mass is 16.5. The van der Waals surface area contributed by atoms with Gasteiger partial charge in [-0.15, -0.1) is 0 Å². The van der Waals surface area contributed by atoms with E-state index in [1.807, 2.05) is 18.5 Å². The molecule has 2 rings (SSSR count). The van der Waals surface area contributed by atoms with Crippen LogP contribution in [0.5, 0.6) is 0 Å². The highest BCUT2D eigenvalue weighted by Crippen LogP contribution is 2.25. The summed E-state index contributed by atoms with van der Waals surface area (Å²) in [6.07, 6.45) is 3.80. The van der Waals surface area contributed by atoms with Gasteiger partial charge in [0.15, 0.2) is 0 Å². The molecule has 54 valence electrons. The molecule has 0 spiro atoms. The van der Waals surface area contributed by atoms with Crippen LogP contribution in [0.2, 0.25) is 0 Å². The fraction of sp³-hybridized carbons (Fsp3) is 0.429. The van der Waals surface area contributed by atoms with Crippen LogP contribution in [0.25, 0.3) is 0 Å². The summed E-state index contributed by atoms with van der Waals surface area (Å²) in [5, 5.41) is 0. The van der Waals surface area contributed by atoms with Crippen LogP contribution in [-0.4, -0.2) is 18.2 Å². The van der Waals surface area contributed by atoms with E-state index in [1.165, 1.54) is 0 Å². The van der Waals surface area contributed by atoms with Crippen LogP contribution >= 0.6 is 0 Å². The van der Waals surface area contributed by atoms with Crippen LogP contribution in [0.3, 0.4) is 0 Å². The molecular weight excluding hydrogens is 128 g/mol. The molecule has 0 radical (unpaired) electrons. The third-order valence-electron chi connectivity index (χ3n) is 1.89. The summed E-state index contributed by atoms with van der Waals surface area (Å²) in [6.45, 7) is 1.29. The van der Waals surface area contributed by atoms with Crippen LogP contribution in [0.4, 0.5) is 0 Å². The van der Waals surface area contributed by atoms with Gasteiger partial charge in [-0.25, -0.2) is 0 Å². The second kappa shape index (κ2) is 1.84. The molecule has 0 unspecified atom stereocenters. The molecule has 0 aromatic carbocycles. The zero-order valence-corrected chi connectivity index (χ0v) is 5.63. The highest BCUT2D eigenvalue weighted by Gasteiger charge is 2.36. The van der Waals surface area contributed by atoms with E-state index in [-0.39, 0.29) is 5.54 Å². The first-order valence-corrected chi connectivity index (χ1v) is 3.31. The van der Waals surface area contributed by atoms with Gasteiger partial charge in [0.25, 0.3) is 0 Å². The Morgan fingerprint density at radius 1 is 1.60 bits per heavy atom. The van der Waals surface area contributed by atoms with Crippen molar-refractivity contribution in [3.8, 4) is 0 Å². The maximum absolute atomic E-state index is 5.92. The zero-order valence-electron chi connectivity index (χ0n) is 5.63. The average molecular weight is 138 g/mol. The Morgan fingerprint density at radius 2 is 2.40 bits per heavy atom. The maximum atomic E-state index is 5.92. The third-order valence-corrected chi connectivity index (χ3v) is 1.89. The Kier molecular flexibility index (Phi) is 1.09. The molecule has 1 saturated heterocycles. The van der Waals surface area contributed by atoms with Gasteiger partial charge in [0.1, 0.15) is 0 Å². The second-order valence-electron chi connectivity index (χ2n) is 2.75. The largest absolute Gasteiger partial charge is 0.377 e. The fourth-order valence-electron chi connectivity index (χ4n) is 1.12. The molecule has 0 bridgehead atoms. The zero-order chi connectivity index (χ0) is 7.03. The minimum absolute atomic E-state index is 0.208. The summed E-state index contributed by atoms with van der Waals surface area (Å²) in [5.41, 5.74) is 6.85. The van der Waals surface area contributed by atoms with Crippen LogP contribution < -0.4 is 5.73 Å². The molecule has 1 aliphatic rings. The van der Waals surface area contributed by atoms with E-state index in [1.54, 1.807) is 0 Å². The normalized spacial score (nSPS) is 22.1. The average Bonchev–Trinajstić information content (AvgIpc) is 2.33. The van der Waals surface area contributed by atoms with Gasteiger partial charge in [0.05, 0.1) is 18.8 Å². The summed E-state index contributed by atoms with van der Waals surface area (Å²) < 4.78 is 5.02. The quantitative estimate of drug-likeness (QED) is 0.582. The topological polar surface area (TPSA) is 51.0 Å². The van der Waals surface area contributed by atoms with Gasteiger partial charge in [-0.05, 0) is 11.6 Å². The number of hydrogen-bond donors (Lipinski definition) is 2. The summed E-state index contributed by atoms with van der Waals surface area (Å²) in [6, 6.07) is 1.99. The van der Waals surface area contributed by atoms with Crippen LogP contribution in [0, 0.1) is 0 Å². The maximum Gasteiger partial charge on any atom is 0.0898 e. The van der Waals surface area contributed by atoms with Crippen molar-refractivity contribution in [2.45, 2.75) is 5.54 Å². The van der Waals surface area contributed by atoms with Crippen LogP contribution in [-0.2, 0) is 10.3 Å². The predicted octanol–water partition coefficient (Wildman–Crippen LogP) is 0.199. The van der Waals surface area contributed by atoms with E-state index in [2.05, 4.69) is 4.98 Å². The number of H-pyrrole nitrogens is 1. The lowest BCUT2D eigenvalue weighted by molar-refractivity contribution is -0.0568. The van der Waals surface area contributed by atoms with E-state index >= 15 is 0 Å². The molecule has 1 aromatic heterocycles. The number of aromatic nitrogens is 1. The van der Waals surface area contributed by atoms with E-state index < -0.39 is 0 Å². The standard InChI is InChI=1S/C7H10N2O/c8-7(4-10-5-7)6-1-2-9-3-6/h1-3,9H,4-5,8H2. The Morgan fingerprint density at radius 3 is 2.80 bits per heavy atom. The lowest BCUT2D eigenvalue weighted by Gasteiger charge is -2.37. The van der Waals surface area contributed by atoms with Gasteiger partial charge in [0, 0.05) is 12.4 Å². The molecule has 0 atom stereocenters. The van der Waals surface area contributed by atoms with Crippen molar-refractivity contribution in [3.63, 3.8) is 0 Å². The van der Waals surface area contributed by atoms with Gasteiger partial charge in [-0.1, -0.05) is 0 Å². The minimum Gasteiger partial charge on any atom is -0.377 e. The molecule has 0 saturated carbocycles. The van der Waals surface area contributed by atoms with E-state index in [4.69, 9.17) is 10.5 Å². The highest BCUT2D eigenvalue weighted by molar-refractivity contribution is 5.22. The number of rotatable bonds is 1. The molecule has 3 N–H and O–H groups in total. The Labute approximate surface area is 59.2 Å². The first-order chi connectivity index (χ1) is 4.81. The van der Waals surface area contributed by atoms with Crippen molar-refractivity contribution in [2.24, 2.45) is 5.73 Å². The van der Waals surface area contributed by atoms with Gasteiger partial charge >= 0.3 is 0 Å². The van der Waals surface area contributed by atoms with Crippen molar-refractivity contribution < 1.29 is 4.74 Å². The number of nitrogens with one attached hydrogen (secondary N) is 1. The molecule has 2 heterocycles. The number of hydrogen-bond acceptors (Lipinski definition) is 2. The third kappa shape index (κ3) is 0.678. The summed E-state index contributed by atoms with van der Waals surface area (Å²) in [4.78, 5) is 2.97. The molecular formula is C7H10N2O. The van der Waals surface area contributed by atoms with Crippen molar-refractivity contribution in [1.29, 1.82) is 0 Å². The number of nitrogens with two attached hydrogens (primary N) is 1. The van der Waals surface area contributed by atoms with Crippen LogP contribution in [0.15, 0.2) is 18.5 Å². The second-order valence-corrected chi connectivity index (χ2v) is 2.75. The summed E-state index contributed by atoms with van der Waals surface area (Å²) in [7, 11) is 0. The summed E-state index contributed by atoms with van der Waals surface area (Å²) >= 11 is 0. The molecule has 1 aliphatic heterocycles. The fourth-order valence-corrected chi connectivity index (χ4v) is 1.12. The number of ether oxygens (including phenoxy) is 1. The molecule has 1 aromatic rings. The van der Waals surface area contributed by atoms with Gasteiger partial charge < -0.3 is 15.5 Å². The van der Waals surface area contributed by atoms with Crippen LogP contribution in [0.1, 0.15) is 5.56 Å². The summed E-state index contributed by atoms with van der Waals surface area (Å²) in [5.74, 6) is 0. The smallest absolute Gasteiger partial charge is 0.0898 e. The molecule has 3 nitrogen and oxygen atoms in total. The first kappa shape index (κ1) is 5.95. The molecule has 1 fully saturated rings. The Bertz CT molecular complexity index is 214. The van der Waals surface area contributed by atoms with E-state index in [9.17, 15) is 0 Å². The Hall–Kier alpha value is -0.800. The van der Waals surface area contributed by atoms with Gasteiger partial charge in [-0.3, -0.25) is 0 Å². The van der Waals surface area contributed by atoms with Crippen molar-refractivity contribution >= 4 is 0 Å². The SMILES string of the molecule is NC1(c2cc[nH]c2)COC1. The predicted molar refractivity (Wildman–Crippen MR) is 37.5 cm³/mol. The molecule has 0 amide bonds. The monoisotopic (exact) mass is 138 g/mol. The molecule has 3 heteroatoms. The minimum atomic E-state index is -0.208. The lowest BCUT2D eigenvalue weighted by atomic mass is 9.92. The van der Waals surface area contributed by atoms with Gasteiger partial charge in [0.2, 0.25) is 0 Å². The van der Waals surface area contributed by atoms with Crippen molar-refractivity contribution in [2.75, 3.05) is 13.2 Å². The first-order valence-electron chi connectivity index (χ1n) is 3.31. The Balaban J connectivity index is 2.27. The molecule has 10 heavy (non-hydrogen) atoms.